The van der Waals surface area contributed by atoms with E-state index in [1.165, 1.54) is 12.5 Å². The molecule has 0 bridgehead atoms. The van der Waals surface area contributed by atoms with Gasteiger partial charge in [0.25, 0.3) is 0 Å². The van der Waals surface area contributed by atoms with Crippen molar-refractivity contribution in [3.63, 3.8) is 0 Å². The predicted octanol–water partition coefficient (Wildman–Crippen LogP) is 0.483. The summed E-state index contributed by atoms with van der Waals surface area (Å²) in [5.41, 5.74) is 0.465. The number of hydrogen-bond donors (Lipinski definition) is 0. The van der Waals surface area contributed by atoms with Crippen LogP contribution in [0.2, 0.25) is 0 Å². The fourth-order valence-corrected chi connectivity index (χ4v) is 0.323. The minimum Gasteiger partial charge on any atom is -0.482 e. The van der Waals surface area contributed by atoms with E-state index in [2.05, 4.69) is 21.2 Å². The molecule has 1 aromatic heterocycles. The van der Waals surface area contributed by atoms with Crippen molar-refractivity contribution < 1.29 is 32.7 Å². The van der Waals surface area contributed by atoms with Crippen LogP contribution in [0.1, 0.15) is 0 Å². The van der Waals surface area contributed by atoms with Crippen molar-refractivity contribution in [3.8, 4) is 0 Å². The Labute approximate surface area is 78.5 Å². The molecular weight excluding hydrogens is 191 g/mol. The van der Waals surface area contributed by atoms with Crippen molar-refractivity contribution in [2.45, 2.75) is 0 Å². The van der Waals surface area contributed by atoms with Crippen molar-refractivity contribution >= 4 is 12.4 Å². The van der Waals surface area contributed by atoms with Gasteiger partial charge in [-0.05, 0) is 6.33 Å². The van der Waals surface area contributed by atoms with E-state index in [1.54, 1.807) is 0 Å². The first-order valence-electron chi connectivity index (χ1n) is 2.02. The molecule has 0 saturated carbocycles. The third-order valence-electron chi connectivity index (χ3n) is 0.639. The van der Waals surface area contributed by atoms with Gasteiger partial charge in [-0.1, -0.05) is 0 Å². The quantitative estimate of drug-likeness (QED) is 0.481. The van der Waals surface area contributed by atoms with Gasteiger partial charge in [0.05, 0.1) is 0 Å². The monoisotopic (exact) mass is 194 g/mol. The van der Waals surface area contributed by atoms with Crippen molar-refractivity contribution in [2.75, 3.05) is 0 Å². The number of nitrogens with zero attached hydrogens (tertiary/aromatic N) is 3. The van der Waals surface area contributed by atoms with Crippen LogP contribution in [0.25, 0.3) is 0 Å². The average Bonchev–Trinajstić information content (AvgIpc) is 1.90. The summed E-state index contributed by atoms with van der Waals surface area (Å²) in [7, 11) is 0. The van der Waals surface area contributed by atoms with Gasteiger partial charge in [0, 0.05) is 32.7 Å². The molecule has 0 saturated heterocycles. The summed E-state index contributed by atoms with van der Waals surface area (Å²) in [6, 6.07) is 0. The maximum atomic E-state index is 4.86. The van der Waals surface area contributed by atoms with Gasteiger partial charge in [-0.3, -0.25) is 0 Å². The van der Waals surface area contributed by atoms with E-state index >= 15 is 0 Å². The van der Waals surface area contributed by atoms with Crippen LogP contribution in [0.5, 0.6) is 0 Å². The minimum atomic E-state index is 0. The van der Waals surface area contributed by atoms with Crippen molar-refractivity contribution in [1.29, 1.82) is 0 Å². The molecule has 1 radical (unpaired) electrons. The fourth-order valence-electron chi connectivity index (χ4n) is 0.323. The minimum absolute atomic E-state index is 0. The Bertz CT molecular complexity index is 175. The predicted molar refractivity (Wildman–Crippen MR) is 29.0 cm³/mol. The zero-order chi connectivity index (χ0) is 5.82. The Kier molecular flexibility index (Phi) is 4.63. The average molecular weight is 194 g/mol. The molecule has 1 heterocycles. The molecule has 1 rings (SSSR count). The fraction of sp³-hybridized carbons (Fsp3) is 0. The molecule has 9 heavy (non-hydrogen) atoms. The van der Waals surface area contributed by atoms with Gasteiger partial charge in [0.15, 0.2) is 0 Å². The van der Waals surface area contributed by atoms with Gasteiger partial charge in [0.2, 0.25) is 0 Å². The van der Waals surface area contributed by atoms with Gasteiger partial charge < -0.3 is 15.0 Å². The molecule has 3 nitrogen and oxygen atoms in total. The topological polar surface area (TPSA) is 38.1 Å². The second kappa shape index (κ2) is 4.71. The second-order valence-corrected chi connectivity index (χ2v) is 1.15. The molecule has 0 aliphatic rings. The number of aromatic nitrogens is 2. The van der Waals surface area contributed by atoms with E-state index < -0.39 is 0 Å². The third kappa shape index (κ3) is 2.77. The van der Waals surface area contributed by atoms with Crippen LogP contribution in [-0.4, -0.2) is 16.7 Å². The van der Waals surface area contributed by atoms with Crippen molar-refractivity contribution in [1.82, 2.24) is 9.97 Å². The Balaban J connectivity index is 0.000000640. The van der Waals surface area contributed by atoms with Crippen LogP contribution in [0.4, 0.5) is 5.69 Å². The summed E-state index contributed by atoms with van der Waals surface area (Å²) in [6.07, 6.45) is 5.36. The summed E-state index contributed by atoms with van der Waals surface area (Å²) in [5, 5.41) is 0. The van der Waals surface area contributed by atoms with Crippen LogP contribution in [0.3, 0.4) is 0 Å². The maximum Gasteiger partial charge on any atom is 0 e. The molecule has 0 fully saturated rings. The summed E-state index contributed by atoms with van der Waals surface area (Å²) in [5.74, 6) is 0. The number of rotatable bonds is 1. The van der Waals surface area contributed by atoms with Crippen LogP contribution in [0, 0.1) is 6.20 Å². The van der Waals surface area contributed by atoms with Crippen molar-refractivity contribution in [3.05, 3.63) is 18.7 Å². The van der Waals surface area contributed by atoms with Gasteiger partial charge >= 0.3 is 0 Å². The second-order valence-electron chi connectivity index (χ2n) is 1.15. The summed E-state index contributed by atoms with van der Waals surface area (Å²) < 4.78 is 0. The van der Waals surface area contributed by atoms with E-state index in [9.17, 15) is 0 Å². The summed E-state index contributed by atoms with van der Waals surface area (Å²) >= 11 is 0. The van der Waals surface area contributed by atoms with E-state index in [4.69, 9.17) is 6.72 Å². The van der Waals surface area contributed by atoms with E-state index in [0.717, 1.165) is 0 Å². The molecule has 0 amide bonds. The Morgan fingerprint density at radius 2 is 2.44 bits per heavy atom. The molecule has 0 aromatic carbocycles. The van der Waals surface area contributed by atoms with Crippen LogP contribution in [0.15, 0.2) is 17.5 Å². The molecule has 0 N–H and O–H groups in total. The Morgan fingerprint density at radius 3 is 2.78 bits per heavy atom. The van der Waals surface area contributed by atoms with Crippen LogP contribution < -0.4 is 0 Å². The molecule has 0 aliphatic heterocycles. The molecule has 0 unspecified atom stereocenters. The molecular formula is C5H3N3Y-2. The zero-order valence-electron chi connectivity index (χ0n) is 4.65. The summed E-state index contributed by atoms with van der Waals surface area (Å²) in [6.45, 7) is 4.86. The smallest absolute Gasteiger partial charge is 0 e. The number of hydrogen-bond acceptors (Lipinski definition) is 3. The molecule has 43 valence electrons. The van der Waals surface area contributed by atoms with Gasteiger partial charge in [0.1, 0.15) is 0 Å². The summed E-state index contributed by atoms with van der Waals surface area (Å²) in [4.78, 5) is 10.5. The Hall–Kier alpha value is -0.146. The van der Waals surface area contributed by atoms with Crippen molar-refractivity contribution in [2.24, 2.45) is 4.99 Å². The zero-order valence-corrected chi connectivity index (χ0v) is 7.49. The van der Waals surface area contributed by atoms with Crippen LogP contribution >= 0.6 is 0 Å². The van der Waals surface area contributed by atoms with E-state index in [-0.39, 0.29) is 32.7 Å². The maximum absolute atomic E-state index is 4.86. The van der Waals surface area contributed by atoms with Gasteiger partial charge in [-0.15, -0.1) is 6.20 Å². The van der Waals surface area contributed by atoms with Gasteiger partial charge in [-0.25, -0.2) is 0 Å². The molecule has 0 aliphatic carbocycles. The molecule has 0 atom stereocenters. The first-order valence-corrected chi connectivity index (χ1v) is 2.02. The van der Waals surface area contributed by atoms with Crippen LogP contribution in [-0.2, 0) is 32.7 Å². The number of aliphatic imine (C=N–C) groups is 1. The first-order chi connectivity index (χ1) is 3.93. The van der Waals surface area contributed by atoms with Gasteiger partial charge in [-0.2, -0.15) is 18.6 Å². The van der Waals surface area contributed by atoms with E-state index in [0.29, 0.717) is 5.69 Å². The third-order valence-corrected chi connectivity index (χ3v) is 0.639. The standard InChI is InChI=1S/C5H3N3.Y/c1-6-5-2-7-4-8-3-5;/h1-2,4H;/q-2;. The largest absolute Gasteiger partial charge is 0.482 e. The molecule has 0 spiro atoms. The molecule has 4 heteroatoms. The molecule has 1 aromatic rings. The first kappa shape index (κ1) is 8.85. The normalized spacial score (nSPS) is 7.56. The SMILES string of the molecule is [CH-]=Nc1[c-]ncnc1.[Y]. The van der Waals surface area contributed by atoms with E-state index in [1.807, 2.05) is 0 Å². The Morgan fingerprint density at radius 1 is 1.67 bits per heavy atom.